The van der Waals surface area contributed by atoms with Crippen LogP contribution in [0.5, 0.6) is 11.5 Å². The Kier molecular flexibility index (Phi) is 6.77. The molecule has 152 valence electrons. The zero-order chi connectivity index (χ0) is 19.0. The molecule has 0 aliphatic carbocycles. The highest BCUT2D eigenvalue weighted by Gasteiger charge is 2.45. The van der Waals surface area contributed by atoms with E-state index in [2.05, 4.69) is 53.2 Å². The molecule has 0 saturated carbocycles. The molecule has 6 heteroatoms. The fourth-order valence-corrected chi connectivity index (χ4v) is 5.22. The van der Waals surface area contributed by atoms with Crippen LogP contribution in [0.3, 0.4) is 0 Å². The van der Waals surface area contributed by atoms with Crippen LogP contribution in [-0.4, -0.2) is 50.7 Å². The molecule has 0 aromatic heterocycles. The van der Waals surface area contributed by atoms with Gasteiger partial charge in [0.05, 0.1) is 19.2 Å². The van der Waals surface area contributed by atoms with Gasteiger partial charge in [-0.05, 0) is 36.1 Å². The van der Waals surface area contributed by atoms with Gasteiger partial charge in [-0.2, -0.15) is 0 Å². The van der Waals surface area contributed by atoms with E-state index in [1.807, 2.05) is 6.07 Å². The molecule has 3 atom stereocenters. The first-order chi connectivity index (χ1) is 13.1. The van der Waals surface area contributed by atoms with E-state index in [0.29, 0.717) is 34.4 Å². The van der Waals surface area contributed by atoms with E-state index in [4.69, 9.17) is 21.1 Å². The molecule has 0 spiro atoms. The largest absolute Gasteiger partial charge is 0.493 e. The van der Waals surface area contributed by atoms with Gasteiger partial charge in [0, 0.05) is 32.2 Å². The number of benzene rings is 2. The molecule has 2 heterocycles. The van der Waals surface area contributed by atoms with E-state index in [9.17, 15) is 0 Å². The van der Waals surface area contributed by atoms with Crippen molar-refractivity contribution in [2.75, 3.05) is 40.9 Å². The van der Waals surface area contributed by atoms with Crippen LogP contribution in [0.4, 0.5) is 0 Å². The van der Waals surface area contributed by atoms with Gasteiger partial charge in [0.1, 0.15) is 0 Å². The van der Waals surface area contributed by atoms with Crippen LogP contribution >= 0.6 is 24.0 Å². The molecule has 0 N–H and O–H groups in total. The molecule has 0 radical (unpaired) electrons. The molecular weight excluding hydrogens is 395 g/mol. The summed E-state index contributed by atoms with van der Waals surface area (Å²) in [6.07, 6.45) is 0. The lowest BCUT2D eigenvalue weighted by Crippen LogP contribution is -2.29. The number of fused-ring (bicyclic) bond motifs is 1. The molecule has 0 amide bonds. The van der Waals surface area contributed by atoms with Crippen molar-refractivity contribution in [2.24, 2.45) is 11.8 Å². The fraction of sp³-hybridized carbons (Fsp3) is 0.455. The van der Waals surface area contributed by atoms with Crippen LogP contribution < -0.4 is 9.47 Å². The van der Waals surface area contributed by atoms with E-state index >= 15 is 0 Å². The third-order valence-corrected chi connectivity index (χ3v) is 6.48. The van der Waals surface area contributed by atoms with Gasteiger partial charge < -0.3 is 9.47 Å². The van der Waals surface area contributed by atoms with Crippen LogP contribution in [0.2, 0.25) is 5.02 Å². The second-order valence-electron chi connectivity index (χ2n) is 7.69. The maximum Gasteiger partial charge on any atom is 0.179 e. The summed E-state index contributed by atoms with van der Waals surface area (Å²) in [5.74, 6) is 2.67. The normalized spacial score (nSPS) is 24.6. The summed E-state index contributed by atoms with van der Waals surface area (Å²) >= 11 is 6.60. The van der Waals surface area contributed by atoms with Gasteiger partial charge in [0.25, 0.3) is 0 Å². The SMILES string of the molecule is COc1ccc(CN2C[C@@H]3CN(C)[C@@H](c4ccccc4)[C@@H]3C2)c(Cl)c1OC.Cl. The van der Waals surface area contributed by atoms with Crippen molar-refractivity contribution in [2.45, 2.75) is 12.6 Å². The predicted octanol–water partition coefficient (Wildman–Crippen LogP) is 4.51. The average molecular weight is 423 g/mol. The van der Waals surface area contributed by atoms with Crippen LogP contribution in [0.15, 0.2) is 42.5 Å². The molecule has 0 bridgehead atoms. The summed E-state index contributed by atoms with van der Waals surface area (Å²) in [5, 5.41) is 0.658. The molecule has 4 rings (SSSR count). The van der Waals surface area contributed by atoms with Crippen LogP contribution in [0, 0.1) is 11.8 Å². The van der Waals surface area contributed by atoms with E-state index in [1.165, 1.54) is 5.56 Å². The maximum atomic E-state index is 6.60. The lowest BCUT2D eigenvalue weighted by Gasteiger charge is -2.27. The van der Waals surface area contributed by atoms with Crippen LogP contribution in [0.25, 0.3) is 0 Å². The minimum absolute atomic E-state index is 0. The first kappa shape index (κ1) is 21.3. The van der Waals surface area contributed by atoms with Gasteiger partial charge in [0.15, 0.2) is 11.5 Å². The van der Waals surface area contributed by atoms with Gasteiger partial charge in [-0.15, -0.1) is 12.4 Å². The zero-order valence-corrected chi connectivity index (χ0v) is 18.2. The molecule has 2 aromatic carbocycles. The molecule has 28 heavy (non-hydrogen) atoms. The molecule has 0 unspecified atom stereocenters. The zero-order valence-electron chi connectivity index (χ0n) is 16.6. The number of rotatable bonds is 5. The van der Waals surface area contributed by atoms with Crippen molar-refractivity contribution >= 4 is 24.0 Å². The first-order valence-corrected chi connectivity index (χ1v) is 9.87. The van der Waals surface area contributed by atoms with Gasteiger partial charge in [-0.1, -0.05) is 48.0 Å². The van der Waals surface area contributed by atoms with E-state index in [0.717, 1.165) is 31.7 Å². The number of methoxy groups -OCH3 is 2. The maximum absolute atomic E-state index is 6.60. The highest BCUT2D eigenvalue weighted by molar-refractivity contribution is 6.33. The summed E-state index contributed by atoms with van der Waals surface area (Å²) in [7, 11) is 5.52. The smallest absolute Gasteiger partial charge is 0.179 e. The quantitative estimate of drug-likeness (QED) is 0.707. The summed E-state index contributed by atoms with van der Waals surface area (Å²) in [4.78, 5) is 5.05. The molecular formula is C22H28Cl2N2O2. The van der Waals surface area contributed by atoms with E-state index in [-0.39, 0.29) is 12.4 Å². The lowest BCUT2D eigenvalue weighted by molar-refractivity contribution is 0.224. The molecule has 2 saturated heterocycles. The molecule has 4 nitrogen and oxygen atoms in total. The summed E-state index contributed by atoms with van der Waals surface area (Å²) in [6.45, 7) is 4.21. The van der Waals surface area contributed by atoms with Gasteiger partial charge in [-0.25, -0.2) is 0 Å². The topological polar surface area (TPSA) is 24.9 Å². The summed E-state index contributed by atoms with van der Waals surface area (Å²) in [6, 6.07) is 15.4. The van der Waals surface area contributed by atoms with Gasteiger partial charge in [-0.3, -0.25) is 9.80 Å². The Morgan fingerprint density at radius 3 is 2.43 bits per heavy atom. The number of hydrogen-bond acceptors (Lipinski definition) is 4. The Morgan fingerprint density at radius 1 is 1.00 bits per heavy atom. The minimum atomic E-state index is 0. The van der Waals surface area contributed by atoms with E-state index < -0.39 is 0 Å². The minimum Gasteiger partial charge on any atom is -0.493 e. The van der Waals surface area contributed by atoms with Crippen molar-refractivity contribution < 1.29 is 9.47 Å². The standard InChI is InChI=1S/C22H27ClN2O2.ClH/c1-24-11-17-13-25(14-18(17)21(24)15-7-5-4-6-8-15)12-16-9-10-19(26-2)22(27-3)20(16)23;/h4-10,17-18,21H,11-14H2,1-3H3;1H/t17-,18+,21-;/m0./s1. The highest BCUT2D eigenvalue weighted by atomic mass is 35.5. The second kappa shape index (κ2) is 8.91. The van der Waals surface area contributed by atoms with Crippen LogP contribution in [-0.2, 0) is 6.54 Å². The Balaban J connectivity index is 0.00000225. The first-order valence-electron chi connectivity index (χ1n) is 9.49. The monoisotopic (exact) mass is 422 g/mol. The number of likely N-dealkylation sites (tertiary alicyclic amines) is 2. The molecule has 2 aliphatic heterocycles. The predicted molar refractivity (Wildman–Crippen MR) is 116 cm³/mol. The lowest BCUT2D eigenvalue weighted by atomic mass is 9.90. The van der Waals surface area contributed by atoms with Crippen molar-refractivity contribution in [3.05, 3.63) is 58.6 Å². The van der Waals surface area contributed by atoms with Crippen molar-refractivity contribution in [3.63, 3.8) is 0 Å². The third kappa shape index (κ3) is 3.84. The second-order valence-corrected chi connectivity index (χ2v) is 8.07. The van der Waals surface area contributed by atoms with Gasteiger partial charge >= 0.3 is 0 Å². The average Bonchev–Trinajstić information content (AvgIpc) is 3.19. The fourth-order valence-electron chi connectivity index (χ4n) is 4.92. The van der Waals surface area contributed by atoms with Crippen molar-refractivity contribution in [1.82, 2.24) is 9.80 Å². The highest BCUT2D eigenvalue weighted by Crippen LogP contribution is 2.45. The number of hydrogen-bond donors (Lipinski definition) is 0. The number of halogens is 2. The number of nitrogens with zero attached hydrogens (tertiary/aromatic N) is 2. The summed E-state index contributed by atoms with van der Waals surface area (Å²) < 4.78 is 10.8. The molecule has 2 fully saturated rings. The number of ether oxygens (including phenoxy) is 2. The summed E-state index contributed by atoms with van der Waals surface area (Å²) in [5.41, 5.74) is 2.53. The molecule has 2 aliphatic rings. The Hall–Kier alpha value is -1.46. The Morgan fingerprint density at radius 2 is 1.75 bits per heavy atom. The van der Waals surface area contributed by atoms with Gasteiger partial charge in [0.2, 0.25) is 0 Å². The van der Waals surface area contributed by atoms with Crippen molar-refractivity contribution in [1.29, 1.82) is 0 Å². The Labute approximate surface area is 178 Å². The van der Waals surface area contributed by atoms with E-state index in [1.54, 1.807) is 14.2 Å². The van der Waals surface area contributed by atoms with Crippen LogP contribution in [0.1, 0.15) is 17.2 Å². The van der Waals surface area contributed by atoms with Crippen molar-refractivity contribution in [3.8, 4) is 11.5 Å². The third-order valence-electron chi connectivity index (χ3n) is 6.07. The Bertz CT molecular complexity index is 803. The molecule has 2 aromatic rings.